The topological polar surface area (TPSA) is 100 Å². The highest BCUT2D eigenvalue weighted by Gasteiger charge is 2.48. The Morgan fingerprint density at radius 3 is 2.52 bits per heavy atom. The van der Waals surface area contributed by atoms with Crippen molar-refractivity contribution in [2.75, 3.05) is 5.32 Å². The summed E-state index contributed by atoms with van der Waals surface area (Å²) in [5.74, 6) is -0.418. The van der Waals surface area contributed by atoms with Gasteiger partial charge < -0.3 is 15.2 Å². The van der Waals surface area contributed by atoms with Gasteiger partial charge in [0.05, 0.1) is 12.2 Å². The maximum Gasteiger partial charge on any atom is 0.339 e. The number of hydrogen-bond donors (Lipinski definition) is 3. The molecule has 7 nitrogen and oxygen atoms in total. The molecule has 2 aliphatic heterocycles. The number of para-hydroxylation sites is 1. The fraction of sp³-hybridized carbons (Fsp3) is 0.375. The highest BCUT2D eigenvalue weighted by molar-refractivity contribution is 5.89. The lowest BCUT2D eigenvalue weighted by atomic mass is 9.76. The molecule has 3 N–H and O–H groups in total. The third-order valence-electron chi connectivity index (χ3n) is 6.11. The van der Waals surface area contributed by atoms with Crippen LogP contribution in [-0.2, 0) is 22.4 Å². The molecule has 0 unspecified atom stereocenters. The number of benzene rings is 2. The number of fused-ring (bicyclic) bond motifs is 2. The normalized spacial score (nSPS) is 24.4. The third-order valence-corrected chi connectivity index (χ3v) is 6.11. The lowest BCUT2D eigenvalue weighted by molar-refractivity contribution is -0.136. The van der Waals surface area contributed by atoms with Crippen molar-refractivity contribution in [1.29, 1.82) is 0 Å². The minimum Gasteiger partial charge on any atom is -0.481 e. The first-order chi connectivity index (χ1) is 15.1. The number of nitrogens with zero attached hydrogens (tertiary/aromatic N) is 1. The second kappa shape index (κ2) is 9.75. The Hall–Kier alpha value is -3.19. The van der Waals surface area contributed by atoms with Crippen LogP contribution in [-0.4, -0.2) is 35.5 Å². The number of carboxylic acid groups (broad SMARTS) is 1. The number of ether oxygens (including phenoxy) is 1. The van der Waals surface area contributed by atoms with E-state index in [1.165, 1.54) is 0 Å². The molecule has 2 aliphatic rings. The summed E-state index contributed by atoms with van der Waals surface area (Å²) >= 11 is 0. The molecule has 0 radical (unpaired) electrons. The Labute approximate surface area is 181 Å². The summed E-state index contributed by atoms with van der Waals surface area (Å²) in [5, 5.41) is 16.0. The summed E-state index contributed by atoms with van der Waals surface area (Å²) in [7, 11) is 0. The van der Waals surface area contributed by atoms with Gasteiger partial charge in [0, 0.05) is 24.2 Å². The van der Waals surface area contributed by atoms with Crippen LogP contribution in [0.4, 0.5) is 10.5 Å². The standard InChI is InChI=1S/C24H27N3O4/c28-23(29)13-10-16-6-4-5-7-17(16)14-19-20(22-12-11-21(19)31-22)15-25-27-24(30)26-18-8-2-1-3-9-18/h1-9,15,19-22H,10-14H2,(H,28,29)(H2,26,27,30)/b25-15+/t19-,20+,21+,22-/m1/s1. The van der Waals surface area contributed by atoms with Gasteiger partial charge in [-0.2, -0.15) is 5.10 Å². The second-order valence-electron chi connectivity index (χ2n) is 8.11. The van der Waals surface area contributed by atoms with Gasteiger partial charge in [0.2, 0.25) is 0 Å². The molecule has 4 atom stereocenters. The van der Waals surface area contributed by atoms with Crippen LogP contribution in [0.2, 0.25) is 0 Å². The number of urea groups is 1. The number of aryl methyl sites for hydroxylation is 1. The van der Waals surface area contributed by atoms with Crippen LogP contribution in [0.25, 0.3) is 0 Å². The minimum atomic E-state index is -0.789. The zero-order chi connectivity index (χ0) is 21.6. The van der Waals surface area contributed by atoms with Gasteiger partial charge in [0.1, 0.15) is 0 Å². The molecule has 31 heavy (non-hydrogen) atoms. The van der Waals surface area contributed by atoms with Gasteiger partial charge >= 0.3 is 12.0 Å². The number of carbonyl (C=O) groups excluding carboxylic acids is 1. The average molecular weight is 421 g/mol. The molecular formula is C24H27N3O4. The molecule has 2 aromatic carbocycles. The van der Waals surface area contributed by atoms with Crippen LogP contribution in [0, 0.1) is 11.8 Å². The van der Waals surface area contributed by atoms with Crippen molar-refractivity contribution in [3.05, 3.63) is 65.7 Å². The molecular weight excluding hydrogens is 394 g/mol. The molecule has 2 bridgehead atoms. The molecule has 2 aromatic rings. The van der Waals surface area contributed by atoms with E-state index in [0.29, 0.717) is 12.1 Å². The summed E-state index contributed by atoms with van der Waals surface area (Å²) in [6, 6.07) is 16.8. The van der Waals surface area contributed by atoms with E-state index in [9.17, 15) is 9.59 Å². The van der Waals surface area contributed by atoms with Crippen molar-refractivity contribution in [3.63, 3.8) is 0 Å². The van der Waals surface area contributed by atoms with Crippen molar-refractivity contribution >= 4 is 23.9 Å². The van der Waals surface area contributed by atoms with Gasteiger partial charge in [-0.05, 0) is 54.9 Å². The lowest BCUT2D eigenvalue weighted by Gasteiger charge is -2.26. The molecule has 162 valence electrons. The third kappa shape index (κ3) is 5.30. The van der Waals surface area contributed by atoms with E-state index in [-0.39, 0.29) is 36.5 Å². The fourth-order valence-corrected chi connectivity index (χ4v) is 4.64. The predicted octanol–water partition coefficient (Wildman–Crippen LogP) is 3.85. The molecule has 0 spiro atoms. The maximum absolute atomic E-state index is 12.1. The van der Waals surface area contributed by atoms with Crippen molar-refractivity contribution in [1.82, 2.24) is 5.43 Å². The van der Waals surface area contributed by atoms with Gasteiger partial charge in [-0.25, -0.2) is 10.2 Å². The Bertz CT molecular complexity index is 947. The zero-order valence-corrected chi connectivity index (χ0v) is 17.2. The van der Waals surface area contributed by atoms with E-state index in [0.717, 1.165) is 30.4 Å². The first-order valence-electron chi connectivity index (χ1n) is 10.7. The van der Waals surface area contributed by atoms with Crippen molar-refractivity contribution < 1.29 is 19.4 Å². The summed E-state index contributed by atoms with van der Waals surface area (Å²) in [6.07, 6.45) is 5.56. The first kappa shape index (κ1) is 21.1. The van der Waals surface area contributed by atoms with Crippen LogP contribution >= 0.6 is 0 Å². The van der Waals surface area contributed by atoms with Crippen LogP contribution in [0.15, 0.2) is 59.7 Å². The van der Waals surface area contributed by atoms with Crippen molar-refractivity contribution in [2.24, 2.45) is 16.9 Å². The highest BCUT2D eigenvalue weighted by atomic mass is 16.5. The molecule has 4 rings (SSSR count). The smallest absolute Gasteiger partial charge is 0.339 e. The molecule has 2 saturated heterocycles. The van der Waals surface area contributed by atoms with Crippen LogP contribution < -0.4 is 10.7 Å². The Balaban J connectivity index is 1.39. The number of amides is 2. The van der Waals surface area contributed by atoms with Crippen molar-refractivity contribution in [2.45, 2.75) is 44.3 Å². The number of aliphatic carboxylic acids is 1. The average Bonchev–Trinajstić information content (AvgIpc) is 3.36. The molecule has 2 heterocycles. The van der Waals surface area contributed by atoms with Gasteiger partial charge in [-0.1, -0.05) is 42.5 Å². The highest BCUT2D eigenvalue weighted by Crippen LogP contribution is 2.44. The summed E-state index contributed by atoms with van der Waals surface area (Å²) in [4.78, 5) is 23.1. The Kier molecular flexibility index (Phi) is 6.62. The number of nitrogens with one attached hydrogen (secondary N) is 2. The quantitative estimate of drug-likeness (QED) is 0.445. The van der Waals surface area contributed by atoms with Crippen LogP contribution in [0.3, 0.4) is 0 Å². The molecule has 2 amide bonds. The largest absolute Gasteiger partial charge is 0.481 e. The predicted molar refractivity (Wildman–Crippen MR) is 118 cm³/mol. The Morgan fingerprint density at radius 1 is 1.03 bits per heavy atom. The monoisotopic (exact) mass is 421 g/mol. The lowest BCUT2D eigenvalue weighted by Crippen LogP contribution is -2.32. The van der Waals surface area contributed by atoms with Gasteiger partial charge in [0.15, 0.2) is 0 Å². The summed E-state index contributed by atoms with van der Waals surface area (Å²) in [5.41, 5.74) is 5.49. The van der Waals surface area contributed by atoms with E-state index >= 15 is 0 Å². The fourth-order valence-electron chi connectivity index (χ4n) is 4.64. The second-order valence-corrected chi connectivity index (χ2v) is 8.11. The van der Waals surface area contributed by atoms with Crippen LogP contribution in [0.5, 0.6) is 0 Å². The zero-order valence-electron chi connectivity index (χ0n) is 17.2. The van der Waals surface area contributed by atoms with E-state index in [2.05, 4.69) is 21.9 Å². The minimum absolute atomic E-state index is 0.114. The maximum atomic E-state index is 12.1. The summed E-state index contributed by atoms with van der Waals surface area (Å²) in [6.45, 7) is 0. The van der Waals surface area contributed by atoms with Crippen LogP contribution in [0.1, 0.15) is 30.4 Å². The SMILES string of the molecule is O=C(O)CCc1ccccc1C[C@@H]1[C@H](/C=N/NC(=O)Nc2ccccc2)[C@H]2CC[C@@H]1O2. The summed E-state index contributed by atoms with van der Waals surface area (Å²) < 4.78 is 6.15. The van der Waals surface area contributed by atoms with E-state index in [1.807, 2.05) is 48.5 Å². The Morgan fingerprint density at radius 2 is 1.74 bits per heavy atom. The molecule has 0 aliphatic carbocycles. The molecule has 7 heteroatoms. The number of rotatable bonds is 8. The number of carboxylic acids is 1. The van der Waals surface area contributed by atoms with E-state index in [4.69, 9.17) is 9.84 Å². The number of hydrogen-bond acceptors (Lipinski definition) is 4. The number of hydrazone groups is 1. The number of anilines is 1. The molecule has 0 saturated carbocycles. The first-order valence-corrected chi connectivity index (χ1v) is 10.7. The van der Waals surface area contributed by atoms with Gasteiger partial charge in [-0.3, -0.25) is 4.79 Å². The van der Waals surface area contributed by atoms with Gasteiger partial charge in [0.25, 0.3) is 0 Å². The molecule has 0 aromatic heterocycles. The molecule has 2 fully saturated rings. The van der Waals surface area contributed by atoms with Crippen molar-refractivity contribution in [3.8, 4) is 0 Å². The van der Waals surface area contributed by atoms with E-state index in [1.54, 1.807) is 6.21 Å². The van der Waals surface area contributed by atoms with E-state index < -0.39 is 5.97 Å². The van der Waals surface area contributed by atoms with Gasteiger partial charge in [-0.15, -0.1) is 0 Å². The number of carbonyl (C=O) groups is 2.